The van der Waals surface area contributed by atoms with Crippen molar-refractivity contribution < 1.29 is 5.11 Å². The van der Waals surface area contributed by atoms with Crippen LogP contribution in [0.15, 0.2) is 0 Å². The van der Waals surface area contributed by atoms with Crippen LogP contribution in [0.1, 0.15) is 27.7 Å². The third kappa shape index (κ3) is 3.82. The van der Waals surface area contributed by atoms with E-state index < -0.39 is 0 Å². The van der Waals surface area contributed by atoms with Crippen molar-refractivity contribution in [2.75, 3.05) is 5.94 Å². The maximum absolute atomic E-state index is 10.1. The van der Waals surface area contributed by atoms with Crippen LogP contribution in [0, 0.1) is 5.41 Å². The minimum atomic E-state index is -0.0154. The van der Waals surface area contributed by atoms with Crippen LogP contribution in [0.25, 0.3) is 0 Å². The molecule has 0 amide bonds. The normalized spacial score (nSPS) is 15.7. The lowest BCUT2D eigenvalue weighted by Gasteiger charge is -2.25. The summed E-state index contributed by atoms with van der Waals surface area (Å²) in [5, 5.41) is 10.6. The molecule has 9 heavy (non-hydrogen) atoms. The molecule has 55 valence electrons. The number of rotatable bonds is 2. The fourth-order valence-corrected chi connectivity index (χ4v) is 1.06. The van der Waals surface area contributed by atoms with E-state index in [1.807, 2.05) is 0 Å². The Bertz CT molecular complexity index is 75.5. The molecule has 0 rings (SSSR count). The zero-order chi connectivity index (χ0) is 7.49. The van der Waals surface area contributed by atoms with E-state index in [4.69, 9.17) is 0 Å². The lowest BCUT2D eigenvalue weighted by molar-refractivity contribution is 0.258. The van der Waals surface area contributed by atoms with Crippen LogP contribution < -0.4 is 0 Å². The van der Waals surface area contributed by atoms with E-state index in [0.29, 0.717) is 5.25 Å². The first-order chi connectivity index (χ1) is 3.98. The van der Waals surface area contributed by atoms with Crippen molar-refractivity contribution in [2.24, 2.45) is 5.41 Å². The summed E-state index contributed by atoms with van der Waals surface area (Å²) in [7, 11) is 0. The monoisotopic (exact) mass is 147 g/mol. The molecule has 0 saturated heterocycles. The molecule has 0 heterocycles. The Morgan fingerprint density at radius 1 is 1.44 bits per heavy atom. The van der Waals surface area contributed by atoms with Crippen LogP contribution in [0.4, 0.5) is 0 Å². The second kappa shape index (κ2) is 3.47. The van der Waals surface area contributed by atoms with E-state index in [-0.39, 0.29) is 11.4 Å². The van der Waals surface area contributed by atoms with Crippen LogP contribution >= 0.6 is 11.8 Å². The standard InChI is InChI=1S/C7H15OS/c1-6(9-5-8)7(2,3)4/h6H,5H2,1-4H3. The molecular formula is C7H15OS. The minimum absolute atomic E-state index is 0.0154. The van der Waals surface area contributed by atoms with Gasteiger partial charge < -0.3 is 0 Å². The van der Waals surface area contributed by atoms with Crippen LogP contribution in [0.5, 0.6) is 0 Å². The molecule has 0 aliphatic carbocycles. The van der Waals surface area contributed by atoms with Gasteiger partial charge in [0.2, 0.25) is 0 Å². The van der Waals surface area contributed by atoms with Gasteiger partial charge in [0, 0.05) is 5.25 Å². The topological polar surface area (TPSA) is 19.9 Å². The minimum Gasteiger partial charge on any atom is -0.225 e. The van der Waals surface area contributed by atoms with E-state index in [1.165, 1.54) is 11.8 Å². The molecule has 1 unspecified atom stereocenters. The zero-order valence-electron chi connectivity index (χ0n) is 6.60. The summed E-state index contributed by atoms with van der Waals surface area (Å²) in [6.45, 7) is 8.56. The quantitative estimate of drug-likeness (QED) is 0.549. The molecule has 0 spiro atoms. The molecule has 1 atom stereocenters. The Morgan fingerprint density at radius 2 is 1.89 bits per heavy atom. The molecule has 0 saturated carbocycles. The first-order valence-electron chi connectivity index (χ1n) is 3.18. The third-order valence-electron chi connectivity index (χ3n) is 1.54. The Hall–Kier alpha value is 0.310. The average molecular weight is 147 g/mol. The molecule has 0 fully saturated rings. The number of hydrogen-bond acceptors (Lipinski definition) is 1. The van der Waals surface area contributed by atoms with Crippen molar-refractivity contribution in [3.8, 4) is 0 Å². The SMILES string of the molecule is CC(SC[O])C(C)(C)C. The number of hydrogen-bond donors (Lipinski definition) is 0. The second-order valence-electron chi connectivity index (χ2n) is 3.29. The lowest BCUT2D eigenvalue weighted by atomic mass is 9.93. The molecule has 2 heteroatoms. The van der Waals surface area contributed by atoms with Gasteiger partial charge in [-0.1, -0.05) is 27.7 Å². The van der Waals surface area contributed by atoms with Gasteiger partial charge in [-0.05, 0) is 5.41 Å². The maximum Gasteiger partial charge on any atom is 0.128 e. The Labute approximate surface area is 61.8 Å². The summed E-state index contributed by atoms with van der Waals surface area (Å²) in [6.07, 6.45) is 0. The second-order valence-corrected chi connectivity index (χ2v) is 4.57. The zero-order valence-corrected chi connectivity index (χ0v) is 7.42. The lowest BCUT2D eigenvalue weighted by Crippen LogP contribution is -2.19. The molecule has 0 aliphatic heterocycles. The van der Waals surface area contributed by atoms with E-state index in [0.717, 1.165) is 0 Å². The Morgan fingerprint density at radius 3 is 2.00 bits per heavy atom. The summed E-state index contributed by atoms with van der Waals surface area (Å²) < 4.78 is 0. The summed E-state index contributed by atoms with van der Waals surface area (Å²) in [5.74, 6) is -0.0154. The van der Waals surface area contributed by atoms with Crippen molar-refractivity contribution in [3.05, 3.63) is 0 Å². The highest BCUT2D eigenvalue weighted by Gasteiger charge is 2.19. The van der Waals surface area contributed by atoms with Gasteiger partial charge in [-0.15, -0.1) is 11.8 Å². The molecule has 0 aliphatic rings. The summed E-state index contributed by atoms with van der Waals surface area (Å²) in [4.78, 5) is 0. The maximum atomic E-state index is 10.1. The predicted octanol–water partition coefficient (Wildman–Crippen LogP) is 2.54. The van der Waals surface area contributed by atoms with Gasteiger partial charge in [-0.25, -0.2) is 5.11 Å². The van der Waals surface area contributed by atoms with Gasteiger partial charge in [0.15, 0.2) is 0 Å². The highest BCUT2D eigenvalue weighted by molar-refractivity contribution is 7.99. The van der Waals surface area contributed by atoms with Gasteiger partial charge in [-0.3, -0.25) is 0 Å². The highest BCUT2D eigenvalue weighted by atomic mass is 32.2. The highest BCUT2D eigenvalue weighted by Crippen LogP contribution is 2.28. The van der Waals surface area contributed by atoms with Crippen molar-refractivity contribution in [3.63, 3.8) is 0 Å². The number of thioether (sulfide) groups is 1. The smallest absolute Gasteiger partial charge is 0.128 e. The van der Waals surface area contributed by atoms with Crippen LogP contribution in [0.2, 0.25) is 0 Å². The van der Waals surface area contributed by atoms with E-state index in [1.54, 1.807) is 0 Å². The Kier molecular flexibility index (Phi) is 3.59. The summed E-state index contributed by atoms with van der Waals surface area (Å²) >= 11 is 1.48. The fraction of sp³-hybridized carbons (Fsp3) is 1.00. The molecule has 0 N–H and O–H groups in total. The van der Waals surface area contributed by atoms with Gasteiger partial charge in [0.1, 0.15) is 5.94 Å². The van der Waals surface area contributed by atoms with Gasteiger partial charge in [0.05, 0.1) is 0 Å². The molecule has 1 radical (unpaired) electrons. The largest absolute Gasteiger partial charge is 0.225 e. The first kappa shape index (κ1) is 9.31. The van der Waals surface area contributed by atoms with Gasteiger partial charge >= 0.3 is 0 Å². The molecule has 0 bridgehead atoms. The first-order valence-corrected chi connectivity index (χ1v) is 4.23. The van der Waals surface area contributed by atoms with Crippen molar-refractivity contribution >= 4 is 11.8 Å². The van der Waals surface area contributed by atoms with Gasteiger partial charge in [0.25, 0.3) is 0 Å². The Balaban J connectivity index is 3.59. The van der Waals surface area contributed by atoms with Gasteiger partial charge in [-0.2, -0.15) is 0 Å². The van der Waals surface area contributed by atoms with Crippen molar-refractivity contribution in [1.82, 2.24) is 0 Å². The average Bonchev–Trinajstić information content (AvgIpc) is 1.64. The molecule has 1 nitrogen and oxygen atoms in total. The van der Waals surface area contributed by atoms with Crippen LogP contribution in [-0.2, 0) is 5.11 Å². The van der Waals surface area contributed by atoms with E-state index >= 15 is 0 Å². The molecule has 0 aromatic rings. The fourth-order valence-electron chi connectivity index (χ4n) is 0.352. The van der Waals surface area contributed by atoms with E-state index in [2.05, 4.69) is 27.7 Å². The van der Waals surface area contributed by atoms with E-state index in [9.17, 15) is 5.11 Å². The summed E-state index contributed by atoms with van der Waals surface area (Å²) in [5.41, 5.74) is 0.273. The third-order valence-corrected chi connectivity index (χ3v) is 2.88. The van der Waals surface area contributed by atoms with Crippen molar-refractivity contribution in [2.45, 2.75) is 32.9 Å². The van der Waals surface area contributed by atoms with Crippen LogP contribution in [0.3, 0.4) is 0 Å². The predicted molar refractivity (Wildman–Crippen MR) is 42.1 cm³/mol. The van der Waals surface area contributed by atoms with Crippen molar-refractivity contribution in [1.29, 1.82) is 0 Å². The molecular weight excluding hydrogens is 132 g/mol. The van der Waals surface area contributed by atoms with Crippen LogP contribution in [-0.4, -0.2) is 11.2 Å². The summed E-state index contributed by atoms with van der Waals surface area (Å²) in [6, 6.07) is 0. The molecule has 0 aromatic heterocycles. The molecule has 0 aromatic carbocycles.